The van der Waals surface area contributed by atoms with Crippen LogP contribution in [0, 0.1) is 0 Å². The van der Waals surface area contributed by atoms with E-state index in [2.05, 4.69) is 27.5 Å². The van der Waals surface area contributed by atoms with Gasteiger partial charge in [-0.25, -0.2) is 0 Å². The second-order valence-corrected chi connectivity index (χ2v) is 7.85. The van der Waals surface area contributed by atoms with Gasteiger partial charge in [0.1, 0.15) is 5.54 Å². The molecule has 1 atom stereocenters. The fraction of sp³-hybridized carbons (Fsp3) is 0.619. The molecule has 0 saturated carbocycles. The maximum Gasteiger partial charge on any atom is 0.240 e. The highest BCUT2D eigenvalue weighted by Crippen LogP contribution is 2.30. The van der Waals surface area contributed by atoms with E-state index in [1.165, 1.54) is 0 Å². The highest BCUT2D eigenvalue weighted by atomic mass is 16.2. The minimum absolute atomic E-state index is 0.0201. The van der Waals surface area contributed by atoms with E-state index in [1.54, 1.807) is 0 Å². The Bertz CT molecular complexity index is 641. The lowest BCUT2D eigenvalue weighted by Crippen LogP contribution is -2.61. The Morgan fingerprint density at radius 2 is 1.93 bits per heavy atom. The molecule has 2 heterocycles. The fourth-order valence-electron chi connectivity index (χ4n) is 4.22. The van der Waals surface area contributed by atoms with Gasteiger partial charge in [0, 0.05) is 39.1 Å². The van der Waals surface area contributed by atoms with Crippen LogP contribution in [0.1, 0.15) is 44.2 Å². The maximum absolute atomic E-state index is 12.6. The van der Waals surface area contributed by atoms with Crippen LogP contribution >= 0.6 is 0 Å². The highest BCUT2D eigenvalue weighted by Gasteiger charge is 2.45. The van der Waals surface area contributed by atoms with Gasteiger partial charge in [-0.2, -0.15) is 0 Å². The summed E-state index contributed by atoms with van der Waals surface area (Å²) in [7, 11) is 2.07. The molecule has 0 aromatic heterocycles. The van der Waals surface area contributed by atoms with Crippen molar-refractivity contribution in [2.45, 2.75) is 44.2 Å². The van der Waals surface area contributed by atoms with E-state index in [0.29, 0.717) is 6.42 Å². The number of carbonyl (C=O) groups excluding carboxylic acids is 2. The van der Waals surface area contributed by atoms with Gasteiger partial charge in [-0.15, -0.1) is 0 Å². The van der Waals surface area contributed by atoms with Crippen LogP contribution in [0.3, 0.4) is 0 Å². The first-order chi connectivity index (χ1) is 13.0. The number of hydrogen-bond acceptors (Lipinski definition) is 4. The van der Waals surface area contributed by atoms with Gasteiger partial charge in [-0.05, 0) is 38.8 Å². The molecule has 6 heteroatoms. The lowest BCUT2D eigenvalue weighted by molar-refractivity contribution is -0.135. The molecular formula is C21H32N4O2. The zero-order valence-corrected chi connectivity index (χ0v) is 16.5. The van der Waals surface area contributed by atoms with Crippen molar-refractivity contribution in [3.8, 4) is 0 Å². The first-order valence-corrected chi connectivity index (χ1v) is 10.1. The zero-order chi connectivity index (χ0) is 19.3. The first-order valence-electron chi connectivity index (χ1n) is 10.1. The molecule has 0 aliphatic carbocycles. The third kappa shape index (κ3) is 4.68. The zero-order valence-electron chi connectivity index (χ0n) is 16.5. The van der Waals surface area contributed by atoms with Crippen LogP contribution in [0.5, 0.6) is 0 Å². The summed E-state index contributed by atoms with van der Waals surface area (Å²) >= 11 is 0. The predicted molar refractivity (Wildman–Crippen MR) is 106 cm³/mol. The summed E-state index contributed by atoms with van der Waals surface area (Å²) in [5, 5.41) is 6.15. The number of benzene rings is 1. The number of piperidine rings is 1. The molecule has 0 radical (unpaired) electrons. The minimum Gasteiger partial charge on any atom is -0.354 e. The Labute approximate surface area is 162 Å². The Hall–Kier alpha value is -1.92. The minimum atomic E-state index is -0.364. The summed E-state index contributed by atoms with van der Waals surface area (Å²) in [5.41, 5.74) is 0.755. The van der Waals surface area contributed by atoms with Crippen molar-refractivity contribution >= 4 is 11.8 Å². The van der Waals surface area contributed by atoms with E-state index in [1.807, 2.05) is 37.3 Å². The van der Waals surface area contributed by atoms with E-state index < -0.39 is 0 Å². The van der Waals surface area contributed by atoms with Crippen LogP contribution in [-0.2, 0) is 9.59 Å². The molecule has 148 valence electrons. The molecule has 6 nitrogen and oxygen atoms in total. The smallest absolute Gasteiger partial charge is 0.240 e. The van der Waals surface area contributed by atoms with Gasteiger partial charge in [0.15, 0.2) is 0 Å². The molecule has 1 aromatic rings. The Kier molecular flexibility index (Phi) is 6.50. The van der Waals surface area contributed by atoms with E-state index in [-0.39, 0.29) is 23.4 Å². The number of hydrogen-bond donors (Lipinski definition) is 2. The molecule has 0 bridgehead atoms. The van der Waals surface area contributed by atoms with Crippen LogP contribution in [0.4, 0.5) is 0 Å². The third-order valence-corrected chi connectivity index (χ3v) is 6.12. The lowest BCUT2D eigenvalue weighted by atomic mass is 9.85. The molecule has 3 rings (SSSR count). The summed E-state index contributed by atoms with van der Waals surface area (Å²) in [5.74, 6) is 0.257. The fourth-order valence-corrected chi connectivity index (χ4v) is 4.22. The summed E-state index contributed by atoms with van der Waals surface area (Å²) in [6, 6.07) is 10.0. The lowest BCUT2D eigenvalue weighted by Gasteiger charge is -2.45. The monoisotopic (exact) mass is 372 g/mol. The topological polar surface area (TPSA) is 64.7 Å². The molecule has 1 aromatic carbocycles. The number of rotatable bonds is 5. The Morgan fingerprint density at radius 3 is 2.63 bits per heavy atom. The van der Waals surface area contributed by atoms with Gasteiger partial charge in [-0.1, -0.05) is 30.3 Å². The van der Waals surface area contributed by atoms with Crippen molar-refractivity contribution in [2.75, 3.05) is 39.8 Å². The SMILES string of the molecule is CC(NC(=O)CCN1CCC2(CC1)C(=O)NCCCN2C)c1ccccc1. The van der Waals surface area contributed by atoms with Crippen molar-refractivity contribution in [3.05, 3.63) is 35.9 Å². The van der Waals surface area contributed by atoms with Crippen molar-refractivity contribution in [1.29, 1.82) is 0 Å². The summed E-state index contributed by atoms with van der Waals surface area (Å²) in [6.07, 6.45) is 3.16. The van der Waals surface area contributed by atoms with Crippen LogP contribution < -0.4 is 10.6 Å². The molecular weight excluding hydrogens is 340 g/mol. The first kappa shape index (κ1) is 19.8. The predicted octanol–water partition coefficient (Wildman–Crippen LogP) is 1.54. The summed E-state index contributed by atoms with van der Waals surface area (Å²) < 4.78 is 0. The second-order valence-electron chi connectivity index (χ2n) is 7.85. The molecule has 2 saturated heterocycles. The maximum atomic E-state index is 12.6. The second kappa shape index (κ2) is 8.85. The van der Waals surface area contributed by atoms with Crippen molar-refractivity contribution < 1.29 is 9.59 Å². The molecule has 2 aliphatic rings. The average Bonchev–Trinajstić information content (AvgIpc) is 2.82. The number of likely N-dealkylation sites (tertiary alicyclic amines) is 1. The quantitative estimate of drug-likeness (QED) is 0.823. The number of carbonyl (C=O) groups is 2. The molecule has 1 spiro atoms. The van der Waals surface area contributed by atoms with E-state index in [4.69, 9.17) is 0 Å². The normalized spacial score (nSPS) is 22.1. The third-order valence-electron chi connectivity index (χ3n) is 6.12. The standard InChI is InChI=1S/C21H32N4O2/c1-17(18-7-4-3-5-8-18)23-19(26)9-14-25-15-10-21(11-16-25)20(27)22-12-6-13-24(21)2/h3-5,7-8,17H,6,9-16H2,1-2H3,(H,22,27)(H,23,26). The average molecular weight is 373 g/mol. The Morgan fingerprint density at radius 1 is 1.22 bits per heavy atom. The molecule has 2 aliphatic heterocycles. The molecule has 2 amide bonds. The van der Waals surface area contributed by atoms with Crippen LogP contribution in [0.2, 0.25) is 0 Å². The van der Waals surface area contributed by atoms with Gasteiger partial charge in [0.2, 0.25) is 11.8 Å². The number of amides is 2. The number of nitrogens with one attached hydrogen (secondary N) is 2. The van der Waals surface area contributed by atoms with Crippen LogP contribution in [0.15, 0.2) is 30.3 Å². The van der Waals surface area contributed by atoms with Crippen molar-refractivity contribution in [3.63, 3.8) is 0 Å². The van der Waals surface area contributed by atoms with Crippen LogP contribution in [0.25, 0.3) is 0 Å². The van der Waals surface area contributed by atoms with Gasteiger partial charge < -0.3 is 15.5 Å². The van der Waals surface area contributed by atoms with Gasteiger partial charge in [0.05, 0.1) is 6.04 Å². The van der Waals surface area contributed by atoms with Gasteiger partial charge in [-0.3, -0.25) is 14.5 Å². The highest BCUT2D eigenvalue weighted by molar-refractivity contribution is 5.86. The summed E-state index contributed by atoms with van der Waals surface area (Å²) in [6.45, 7) is 6.21. The summed E-state index contributed by atoms with van der Waals surface area (Å²) in [4.78, 5) is 29.4. The number of nitrogens with zero attached hydrogens (tertiary/aromatic N) is 2. The van der Waals surface area contributed by atoms with Crippen molar-refractivity contribution in [2.24, 2.45) is 0 Å². The molecule has 1 unspecified atom stereocenters. The molecule has 27 heavy (non-hydrogen) atoms. The van der Waals surface area contributed by atoms with Gasteiger partial charge in [0.25, 0.3) is 0 Å². The van der Waals surface area contributed by atoms with E-state index >= 15 is 0 Å². The largest absolute Gasteiger partial charge is 0.354 e. The molecule has 2 fully saturated rings. The number of likely N-dealkylation sites (N-methyl/N-ethyl adjacent to an activating group) is 1. The van der Waals surface area contributed by atoms with Crippen LogP contribution in [-0.4, -0.2) is 66.9 Å². The molecule has 2 N–H and O–H groups in total. The van der Waals surface area contributed by atoms with Gasteiger partial charge >= 0.3 is 0 Å². The Balaban J connectivity index is 1.45. The van der Waals surface area contributed by atoms with Crippen molar-refractivity contribution in [1.82, 2.24) is 20.4 Å². The van der Waals surface area contributed by atoms with E-state index in [9.17, 15) is 9.59 Å². The van der Waals surface area contributed by atoms with E-state index in [0.717, 1.165) is 57.5 Å².